The van der Waals surface area contributed by atoms with Crippen molar-refractivity contribution >= 4 is 17.6 Å². The number of halogens is 1. The van der Waals surface area contributed by atoms with Gasteiger partial charge in [0.1, 0.15) is 11.9 Å². The van der Waals surface area contributed by atoms with Crippen LogP contribution in [0.2, 0.25) is 0 Å². The number of aliphatic carboxylic acids is 1. The van der Waals surface area contributed by atoms with Crippen molar-refractivity contribution in [2.24, 2.45) is 0 Å². The summed E-state index contributed by atoms with van der Waals surface area (Å²) >= 11 is 0. The lowest BCUT2D eigenvalue weighted by Crippen LogP contribution is -2.40. The van der Waals surface area contributed by atoms with E-state index in [9.17, 15) is 14.0 Å². The van der Waals surface area contributed by atoms with Gasteiger partial charge in [-0.3, -0.25) is 14.5 Å². The molecule has 1 unspecified atom stereocenters. The van der Waals surface area contributed by atoms with E-state index in [1.807, 2.05) is 0 Å². The molecule has 0 saturated heterocycles. The number of likely N-dealkylation sites (N-methyl/N-ethyl adjacent to an activating group) is 1. The van der Waals surface area contributed by atoms with Gasteiger partial charge in [0.2, 0.25) is 5.91 Å². The number of rotatable bonds is 5. The molecule has 0 aliphatic carbocycles. The molecule has 0 bridgehead atoms. The molecule has 0 aromatic heterocycles. The highest BCUT2D eigenvalue weighted by atomic mass is 19.1. The number of nitrogens with one attached hydrogen (secondary N) is 1. The van der Waals surface area contributed by atoms with Crippen LogP contribution in [-0.4, -0.2) is 41.5 Å². The molecule has 1 aromatic carbocycles. The fourth-order valence-corrected chi connectivity index (χ4v) is 1.29. The van der Waals surface area contributed by atoms with Crippen LogP contribution >= 0.6 is 0 Å². The van der Waals surface area contributed by atoms with Crippen LogP contribution in [0.4, 0.5) is 10.1 Å². The third-order valence-electron chi connectivity index (χ3n) is 2.54. The molecule has 0 saturated carbocycles. The molecule has 1 amide bonds. The minimum atomic E-state index is -0.993. The summed E-state index contributed by atoms with van der Waals surface area (Å²) in [5.41, 5.74) is 0.470. The van der Waals surface area contributed by atoms with E-state index in [2.05, 4.69) is 5.32 Å². The lowest BCUT2D eigenvalue weighted by atomic mass is 10.3. The Morgan fingerprint density at radius 3 is 2.44 bits per heavy atom. The predicted octanol–water partition coefficient (Wildman–Crippen LogP) is 1.17. The van der Waals surface area contributed by atoms with Crippen LogP contribution in [-0.2, 0) is 9.59 Å². The Morgan fingerprint density at radius 1 is 1.39 bits per heavy atom. The third-order valence-corrected chi connectivity index (χ3v) is 2.54. The molecule has 1 aromatic rings. The SMILES string of the molecule is CC(C(=O)O)N(C)CC(=O)Nc1ccc(F)cc1. The Bertz CT molecular complexity index is 433. The van der Waals surface area contributed by atoms with Crippen LogP contribution in [0.5, 0.6) is 0 Å². The quantitative estimate of drug-likeness (QED) is 0.827. The number of carboxylic acid groups (broad SMARTS) is 1. The average Bonchev–Trinajstić information content (AvgIpc) is 2.30. The van der Waals surface area contributed by atoms with E-state index in [0.717, 1.165) is 0 Å². The van der Waals surface area contributed by atoms with Gasteiger partial charge < -0.3 is 10.4 Å². The van der Waals surface area contributed by atoms with Crippen molar-refractivity contribution in [3.8, 4) is 0 Å². The van der Waals surface area contributed by atoms with E-state index < -0.39 is 12.0 Å². The normalized spacial score (nSPS) is 12.2. The van der Waals surface area contributed by atoms with Gasteiger partial charge in [-0.05, 0) is 38.2 Å². The Morgan fingerprint density at radius 2 is 1.94 bits per heavy atom. The van der Waals surface area contributed by atoms with Crippen molar-refractivity contribution in [3.05, 3.63) is 30.1 Å². The van der Waals surface area contributed by atoms with Crippen LogP contribution in [0.1, 0.15) is 6.92 Å². The van der Waals surface area contributed by atoms with Gasteiger partial charge in [-0.15, -0.1) is 0 Å². The minimum absolute atomic E-state index is 0.0508. The second kappa shape index (κ2) is 6.11. The second-order valence-corrected chi connectivity index (χ2v) is 3.98. The summed E-state index contributed by atoms with van der Waals surface area (Å²) < 4.78 is 12.6. The summed E-state index contributed by atoms with van der Waals surface area (Å²) in [6, 6.07) is 4.60. The number of benzene rings is 1. The molecule has 98 valence electrons. The molecule has 0 heterocycles. The molecule has 1 rings (SSSR count). The van der Waals surface area contributed by atoms with Crippen LogP contribution in [0.25, 0.3) is 0 Å². The molecule has 0 radical (unpaired) electrons. The van der Waals surface area contributed by atoms with Crippen molar-refractivity contribution in [1.82, 2.24) is 4.90 Å². The maximum Gasteiger partial charge on any atom is 0.320 e. The highest BCUT2D eigenvalue weighted by Crippen LogP contribution is 2.08. The molecule has 5 nitrogen and oxygen atoms in total. The molecular weight excluding hydrogens is 239 g/mol. The number of hydrogen-bond donors (Lipinski definition) is 2. The van der Waals surface area contributed by atoms with Gasteiger partial charge in [-0.25, -0.2) is 4.39 Å². The molecule has 0 aliphatic heterocycles. The van der Waals surface area contributed by atoms with Crippen molar-refractivity contribution in [2.45, 2.75) is 13.0 Å². The Kier molecular flexibility index (Phi) is 4.79. The largest absolute Gasteiger partial charge is 0.480 e. The highest BCUT2D eigenvalue weighted by molar-refractivity contribution is 5.92. The molecule has 1 atom stereocenters. The predicted molar refractivity (Wildman–Crippen MR) is 64.8 cm³/mol. The number of carboxylic acids is 1. The zero-order valence-electron chi connectivity index (χ0n) is 10.2. The first kappa shape index (κ1) is 14.1. The van der Waals surface area contributed by atoms with Gasteiger partial charge in [0, 0.05) is 5.69 Å². The first-order valence-corrected chi connectivity index (χ1v) is 5.38. The van der Waals surface area contributed by atoms with Crippen molar-refractivity contribution in [2.75, 3.05) is 18.9 Å². The van der Waals surface area contributed by atoms with Gasteiger partial charge in [-0.1, -0.05) is 0 Å². The van der Waals surface area contributed by atoms with Gasteiger partial charge in [-0.2, -0.15) is 0 Å². The van der Waals surface area contributed by atoms with E-state index in [4.69, 9.17) is 5.11 Å². The van der Waals surface area contributed by atoms with Crippen molar-refractivity contribution < 1.29 is 19.1 Å². The lowest BCUT2D eigenvalue weighted by Gasteiger charge is -2.20. The van der Waals surface area contributed by atoms with Crippen LogP contribution in [0.15, 0.2) is 24.3 Å². The molecule has 0 aliphatic rings. The second-order valence-electron chi connectivity index (χ2n) is 3.98. The Hall–Kier alpha value is -1.95. The number of carbonyl (C=O) groups is 2. The number of nitrogens with zero attached hydrogens (tertiary/aromatic N) is 1. The summed E-state index contributed by atoms with van der Waals surface area (Å²) in [4.78, 5) is 23.7. The van der Waals surface area contributed by atoms with Crippen molar-refractivity contribution in [3.63, 3.8) is 0 Å². The molecule has 0 spiro atoms. The zero-order valence-corrected chi connectivity index (χ0v) is 10.2. The molecule has 18 heavy (non-hydrogen) atoms. The summed E-state index contributed by atoms with van der Waals surface area (Å²) in [6.45, 7) is 1.44. The first-order chi connectivity index (χ1) is 8.40. The van der Waals surface area contributed by atoms with Gasteiger partial charge in [0.05, 0.1) is 6.54 Å². The van der Waals surface area contributed by atoms with E-state index in [-0.39, 0.29) is 18.3 Å². The maximum absolute atomic E-state index is 12.6. The number of hydrogen-bond acceptors (Lipinski definition) is 3. The Balaban J connectivity index is 2.51. The fraction of sp³-hybridized carbons (Fsp3) is 0.333. The molecule has 0 fully saturated rings. The van der Waals surface area contributed by atoms with Crippen molar-refractivity contribution in [1.29, 1.82) is 0 Å². The maximum atomic E-state index is 12.6. The summed E-state index contributed by atoms with van der Waals surface area (Å²) in [5, 5.41) is 11.3. The van der Waals surface area contributed by atoms with E-state index in [1.165, 1.54) is 36.1 Å². The minimum Gasteiger partial charge on any atom is -0.480 e. The van der Waals surface area contributed by atoms with E-state index in [1.54, 1.807) is 7.05 Å². The van der Waals surface area contributed by atoms with E-state index in [0.29, 0.717) is 5.69 Å². The van der Waals surface area contributed by atoms with Crippen LogP contribution in [0.3, 0.4) is 0 Å². The number of carbonyl (C=O) groups excluding carboxylic acids is 1. The first-order valence-electron chi connectivity index (χ1n) is 5.38. The van der Waals surface area contributed by atoms with Gasteiger partial charge in [0.15, 0.2) is 0 Å². The molecule has 2 N–H and O–H groups in total. The monoisotopic (exact) mass is 254 g/mol. The summed E-state index contributed by atoms with van der Waals surface area (Å²) in [5.74, 6) is -1.73. The Labute approximate surface area is 104 Å². The standard InChI is InChI=1S/C12H15FN2O3/c1-8(12(17)18)15(2)7-11(16)14-10-5-3-9(13)4-6-10/h3-6,8H,7H2,1-2H3,(H,14,16)(H,17,18). The lowest BCUT2D eigenvalue weighted by molar-refractivity contribution is -0.142. The average molecular weight is 254 g/mol. The fourth-order valence-electron chi connectivity index (χ4n) is 1.29. The van der Waals surface area contributed by atoms with Gasteiger partial charge >= 0.3 is 5.97 Å². The molecular formula is C12H15FN2O3. The topological polar surface area (TPSA) is 69.6 Å². The highest BCUT2D eigenvalue weighted by Gasteiger charge is 2.18. The summed E-state index contributed by atoms with van der Waals surface area (Å²) in [6.07, 6.45) is 0. The smallest absolute Gasteiger partial charge is 0.320 e. The summed E-state index contributed by atoms with van der Waals surface area (Å²) in [7, 11) is 1.54. The van der Waals surface area contributed by atoms with Crippen LogP contribution < -0.4 is 5.32 Å². The number of amides is 1. The van der Waals surface area contributed by atoms with E-state index >= 15 is 0 Å². The zero-order chi connectivity index (χ0) is 13.7. The molecule has 6 heteroatoms. The van der Waals surface area contributed by atoms with Gasteiger partial charge in [0.25, 0.3) is 0 Å². The number of anilines is 1. The van der Waals surface area contributed by atoms with Crippen LogP contribution in [0, 0.1) is 5.82 Å². The third kappa shape index (κ3) is 4.14.